The number of ether oxygens (including phenoxy) is 1. The minimum absolute atomic E-state index is 0.00943. The van der Waals surface area contributed by atoms with Gasteiger partial charge < -0.3 is 29.3 Å². The molecule has 5 rings (SSSR count). The molecule has 2 unspecified atom stereocenters. The Hall–Kier alpha value is -4.25. The van der Waals surface area contributed by atoms with Crippen LogP contribution in [0.2, 0.25) is 0 Å². The molecule has 11 heteroatoms. The molecule has 2 atom stereocenters. The fraction of sp³-hybridized carbons (Fsp3) is 0.250. The van der Waals surface area contributed by atoms with Crippen molar-refractivity contribution in [2.75, 3.05) is 31.1 Å². The number of piperazine rings is 1. The zero-order valence-corrected chi connectivity index (χ0v) is 18.7. The van der Waals surface area contributed by atoms with E-state index in [2.05, 4.69) is 15.3 Å². The molecule has 1 aliphatic rings. The van der Waals surface area contributed by atoms with Crippen LogP contribution in [-0.2, 0) is 4.79 Å². The number of pyridine rings is 1. The largest absolute Gasteiger partial charge is 0.468 e. The number of alkyl halides is 1. The lowest BCUT2D eigenvalue weighted by Crippen LogP contribution is -2.54. The zero-order chi connectivity index (χ0) is 24.2. The molecule has 180 valence electrons. The molecule has 2 N–H and O–H groups in total. The van der Waals surface area contributed by atoms with E-state index in [1.807, 2.05) is 29.2 Å². The summed E-state index contributed by atoms with van der Waals surface area (Å²) in [5.74, 6) is 0.313. The van der Waals surface area contributed by atoms with Gasteiger partial charge in [0.1, 0.15) is 23.7 Å². The van der Waals surface area contributed by atoms with Gasteiger partial charge in [-0.3, -0.25) is 4.79 Å². The van der Waals surface area contributed by atoms with E-state index in [-0.39, 0.29) is 19.7 Å². The van der Waals surface area contributed by atoms with Crippen LogP contribution in [0, 0.1) is 0 Å². The number of hydrogen-bond acceptors (Lipinski definition) is 9. The first-order valence-electron chi connectivity index (χ1n) is 11.0. The van der Waals surface area contributed by atoms with E-state index in [1.165, 1.54) is 11.2 Å². The lowest BCUT2D eigenvalue weighted by atomic mass is 10.1. The molecule has 1 amide bonds. The third-order valence-corrected chi connectivity index (χ3v) is 5.75. The molecule has 1 fully saturated rings. The summed E-state index contributed by atoms with van der Waals surface area (Å²) in [6.07, 6.45) is 1.50. The molecule has 1 saturated heterocycles. The van der Waals surface area contributed by atoms with Gasteiger partial charge in [0.15, 0.2) is 18.7 Å². The van der Waals surface area contributed by atoms with E-state index in [0.29, 0.717) is 29.6 Å². The van der Waals surface area contributed by atoms with Crippen LogP contribution in [0.5, 0.6) is 5.88 Å². The number of carbonyl (C=O) groups is 1. The molecule has 1 aliphatic heterocycles. The van der Waals surface area contributed by atoms with Gasteiger partial charge in [-0.25, -0.2) is 9.37 Å². The monoisotopic (exact) mass is 478 g/mol. The summed E-state index contributed by atoms with van der Waals surface area (Å²) in [4.78, 5) is 19.6. The average molecular weight is 478 g/mol. The smallest absolute Gasteiger partial charge is 0.262 e. The van der Waals surface area contributed by atoms with Gasteiger partial charge in [-0.1, -0.05) is 34.6 Å². The second kappa shape index (κ2) is 9.94. The number of carbonyl (C=O) groups excluding carboxylic acids is 1. The second-order valence-electron chi connectivity index (χ2n) is 7.96. The van der Waals surface area contributed by atoms with Gasteiger partial charge in [0, 0.05) is 48.7 Å². The molecule has 10 nitrogen and oxygen atoms in total. The van der Waals surface area contributed by atoms with Crippen molar-refractivity contribution in [1.82, 2.24) is 20.2 Å². The van der Waals surface area contributed by atoms with E-state index in [4.69, 9.17) is 19.5 Å². The van der Waals surface area contributed by atoms with Gasteiger partial charge >= 0.3 is 0 Å². The topological polar surface area (TPSA) is 124 Å². The van der Waals surface area contributed by atoms with Crippen molar-refractivity contribution >= 4 is 11.6 Å². The number of para-hydroxylation sites is 1. The number of aromatic nitrogens is 3. The SMILES string of the molecule is NC(c1ccon1)c1cc(-c2ccccc2N2CCN(C(=O)COc3ccccn3)C(F)C2)no1. The molecule has 3 aromatic heterocycles. The minimum atomic E-state index is -1.50. The number of hydrogen-bond donors (Lipinski definition) is 1. The normalized spacial score (nSPS) is 16.8. The number of amides is 1. The summed E-state index contributed by atoms with van der Waals surface area (Å²) >= 11 is 0. The molecule has 0 spiro atoms. The Bertz CT molecular complexity index is 1270. The summed E-state index contributed by atoms with van der Waals surface area (Å²) in [7, 11) is 0. The molecule has 4 aromatic rings. The average Bonchev–Trinajstić information content (AvgIpc) is 3.60. The predicted molar refractivity (Wildman–Crippen MR) is 123 cm³/mol. The molecule has 4 heterocycles. The van der Waals surface area contributed by atoms with Crippen molar-refractivity contribution in [2.45, 2.75) is 12.3 Å². The Kier molecular flexibility index (Phi) is 6.40. The minimum Gasteiger partial charge on any atom is -0.468 e. The van der Waals surface area contributed by atoms with Crippen LogP contribution in [-0.4, -0.2) is 58.6 Å². The van der Waals surface area contributed by atoms with Crippen LogP contribution < -0.4 is 15.4 Å². The third-order valence-electron chi connectivity index (χ3n) is 5.75. The molecule has 0 radical (unpaired) electrons. The second-order valence-corrected chi connectivity index (χ2v) is 7.96. The first kappa shape index (κ1) is 22.5. The highest BCUT2D eigenvalue weighted by atomic mass is 19.1. The van der Waals surface area contributed by atoms with Gasteiger partial charge in [0.05, 0.1) is 6.54 Å². The Labute approximate surface area is 200 Å². The maximum Gasteiger partial charge on any atom is 0.262 e. The van der Waals surface area contributed by atoms with Crippen molar-refractivity contribution in [3.8, 4) is 17.1 Å². The van der Waals surface area contributed by atoms with Crippen molar-refractivity contribution in [1.29, 1.82) is 0 Å². The van der Waals surface area contributed by atoms with Crippen molar-refractivity contribution < 1.29 is 23.0 Å². The lowest BCUT2D eigenvalue weighted by Gasteiger charge is -2.39. The molecular formula is C24H23FN6O4. The van der Waals surface area contributed by atoms with Gasteiger partial charge in [0.25, 0.3) is 5.91 Å². The summed E-state index contributed by atoms with van der Waals surface area (Å²) in [5.41, 5.74) is 8.82. The highest BCUT2D eigenvalue weighted by Gasteiger charge is 2.32. The van der Waals surface area contributed by atoms with Crippen molar-refractivity contribution in [3.05, 3.63) is 78.5 Å². The molecule has 0 bridgehead atoms. The Morgan fingerprint density at radius 1 is 1.17 bits per heavy atom. The number of nitrogens with zero attached hydrogens (tertiary/aromatic N) is 5. The van der Waals surface area contributed by atoms with Gasteiger partial charge in [0.2, 0.25) is 5.88 Å². The molecule has 0 saturated carbocycles. The van der Waals surface area contributed by atoms with E-state index >= 15 is 4.39 Å². The Morgan fingerprint density at radius 2 is 2.03 bits per heavy atom. The molecule has 0 aliphatic carbocycles. The fourth-order valence-corrected chi connectivity index (χ4v) is 3.95. The summed E-state index contributed by atoms with van der Waals surface area (Å²) < 4.78 is 30.8. The third kappa shape index (κ3) is 4.85. The highest BCUT2D eigenvalue weighted by Crippen LogP contribution is 2.33. The molecule has 35 heavy (non-hydrogen) atoms. The molecular weight excluding hydrogens is 455 g/mol. The Balaban J connectivity index is 1.27. The van der Waals surface area contributed by atoms with Crippen molar-refractivity contribution in [2.24, 2.45) is 5.73 Å². The zero-order valence-electron chi connectivity index (χ0n) is 18.7. The standard InChI is InChI=1S/C24H23FN6O4/c25-21-14-30(10-11-31(21)23(32)15-33-22-7-3-4-9-27-22)19-6-2-1-5-16(19)18-13-20(35-29-18)24(26)17-8-12-34-28-17/h1-9,12-13,21,24H,10-11,14-15,26H2. The number of rotatable bonds is 7. The number of benzene rings is 1. The van der Waals surface area contributed by atoms with Crippen LogP contribution in [0.25, 0.3) is 11.3 Å². The summed E-state index contributed by atoms with van der Waals surface area (Å²) in [6, 6.07) is 15.4. The van der Waals surface area contributed by atoms with Crippen LogP contribution in [0.4, 0.5) is 10.1 Å². The Morgan fingerprint density at radius 3 is 2.80 bits per heavy atom. The van der Waals surface area contributed by atoms with E-state index in [0.717, 1.165) is 11.3 Å². The van der Waals surface area contributed by atoms with Gasteiger partial charge in [-0.15, -0.1) is 0 Å². The van der Waals surface area contributed by atoms with E-state index in [9.17, 15) is 4.79 Å². The summed E-state index contributed by atoms with van der Waals surface area (Å²) in [6.45, 7) is 0.383. The number of nitrogens with two attached hydrogens (primary N) is 1. The first-order chi connectivity index (χ1) is 17.1. The van der Waals surface area contributed by atoms with Crippen LogP contribution in [0.1, 0.15) is 17.5 Å². The van der Waals surface area contributed by atoms with Crippen molar-refractivity contribution in [3.63, 3.8) is 0 Å². The lowest BCUT2D eigenvalue weighted by molar-refractivity contribution is -0.140. The van der Waals surface area contributed by atoms with Gasteiger partial charge in [-0.05, 0) is 12.1 Å². The maximum atomic E-state index is 15.1. The van der Waals surface area contributed by atoms with E-state index < -0.39 is 18.2 Å². The number of anilines is 1. The van der Waals surface area contributed by atoms with E-state index in [1.54, 1.807) is 36.5 Å². The van der Waals surface area contributed by atoms with Crippen LogP contribution >= 0.6 is 0 Å². The quantitative estimate of drug-likeness (QED) is 0.399. The highest BCUT2D eigenvalue weighted by molar-refractivity contribution is 5.79. The predicted octanol–water partition coefficient (Wildman–Crippen LogP) is 2.80. The van der Waals surface area contributed by atoms with Crippen LogP contribution in [0.15, 0.2) is 76.1 Å². The fourth-order valence-electron chi connectivity index (χ4n) is 3.95. The van der Waals surface area contributed by atoms with Gasteiger partial charge in [-0.2, -0.15) is 0 Å². The summed E-state index contributed by atoms with van der Waals surface area (Å²) in [5, 5.41) is 8.01. The molecule has 1 aromatic carbocycles. The first-order valence-corrected chi connectivity index (χ1v) is 11.0. The maximum absolute atomic E-state index is 15.1. The number of halogens is 1. The van der Waals surface area contributed by atoms with Crippen LogP contribution in [0.3, 0.4) is 0 Å².